The lowest BCUT2D eigenvalue weighted by molar-refractivity contribution is -0.128. The van der Waals surface area contributed by atoms with Gasteiger partial charge in [0.1, 0.15) is 5.82 Å². The van der Waals surface area contributed by atoms with Crippen molar-refractivity contribution in [2.45, 2.75) is 30.6 Å². The molecule has 0 unspecified atom stereocenters. The van der Waals surface area contributed by atoms with Gasteiger partial charge in [0.05, 0.1) is 10.8 Å². The molecular weight excluding hydrogens is 433 g/mol. The van der Waals surface area contributed by atoms with E-state index in [0.717, 1.165) is 18.4 Å². The number of nitrogens with zero attached hydrogens (tertiary/aromatic N) is 2. The number of carbonyl (C=O) groups is 2. The molecule has 2 amide bonds. The van der Waals surface area contributed by atoms with Crippen LogP contribution in [0.4, 0.5) is 10.1 Å². The van der Waals surface area contributed by atoms with E-state index in [1.807, 2.05) is 0 Å². The summed E-state index contributed by atoms with van der Waals surface area (Å²) < 4.78 is 39.7. The average molecular weight is 460 g/mol. The highest BCUT2D eigenvalue weighted by Crippen LogP contribution is 2.24. The molecule has 0 bridgehead atoms. The van der Waals surface area contributed by atoms with Crippen LogP contribution in [0, 0.1) is 11.7 Å². The Bertz CT molecular complexity index is 1080. The average Bonchev–Trinajstić information content (AvgIpc) is 3.44. The number of benzene rings is 2. The van der Waals surface area contributed by atoms with Crippen molar-refractivity contribution in [1.29, 1.82) is 0 Å². The van der Waals surface area contributed by atoms with E-state index >= 15 is 0 Å². The van der Waals surface area contributed by atoms with Crippen LogP contribution in [0.2, 0.25) is 0 Å². The van der Waals surface area contributed by atoms with Gasteiger partial charge in [-0.25, -0.2) is 12.8 Å². The predicted octanol–water partition coefficient (Wildman–Crippen LogP) is 2.64. The number of likely N-dealkylation sites (tertiary alicyclic amines) is 1. The molecule has 2 aliphatic heterocycles. The first-order chi connectivity index (χ1) is 15.3. The smallest absolute Gasteiger partial charge is 0.243 e. The van der Waals surface area contributed by atoms with Crippen LogP contribution >= 0.6 is 0 Å². The second kappa shape index (κ2) is 9.38. The number of carbonyl (C=O) groups excluding carboxylic acids is 2. The van der Waals surface area contributed by atoms with E-state index in [1.54, 1.807) is 29.2 Å². The van der Waals surface area contributed by atoms with E-state index < -0.39 is 15.9 Å². The van der Waals surface area contributed by atoms with Crippen molar-refractivity contribution >= 4 is 27.5 Å². The molecule has 7 nitrogen and oxygen atoms in total. The van der Waals surface area contributed by atoms with Crippen molar-refractivity contribution in [3.63, 3.8) is 0 Å². The Morgan fingerprint density at radius 3 is 2.34 bits per heavy atom. The minimum absolute atomic E-state index is 0.0840. The van der Waals surface area contributed by atoms with E-state index in [2.05, 4.69) is 5.32 Å². The molecule has 2 aliphatic rings. The van der Waals surface area contributed by atoms with Crippen LogP contribution in [0.1, 0.15) is 24.8 Å². The molecule has 32 heavy (non-hydrogen) atoms. The fraction of sp³-hybridized carbons (Fsp3) is 0.391. The van der Waals surface area contributed by atoms with E-state index in [4.69, 9.17) is 0 Å². The molecule has 2 saturated heterocycles. The topological polar surface area (TPSA) is 86.8 Å². The lowest BCUT2D eigenvalue weighted by Crippen LogP contribution is -2.30. The van der Waals surface area contributed by atoms with Gasteiger partial charge in [0, 0.05) is 38.3 Å². The van der Waals surface area contributed by atoms with Crippen molar-refractivity contribution in [1.82, 2.24) is 9.21 Å². The Kier molecular flexibility index (Phi) is 6.57. The lowest BCUT2D eigenvalue weighted by atomic mass is 10.1. The summed E-state index contributed by atoms with van der Waals surface area (Å²) in [6.07, 6.45) is 2.47. The molecule has 0 spiro atoms. The largest absolute Gasteiger partial charge is 0.342 e. The lowest BCUT2D eigenvalue weighted by Gasteiger charge is -2.17. The molecule has 9 heteroatoms. The Labute approximate surface area is 187 Å². The minimum atomic E-state index is -3.50. The Balaban J connectivity index is 1.31. The predicted molar refractivity (Wildman–Crippen MR) is 118 cm³/mol. The maximum atomic E-state index is 13.0. The van der Waals surface area contributed by atoms with Gasteiger partial charge < -0.3 is 10.2 Å². The fourth-order valence-corrected chi connectivity index (χ4v) is 5.63. The number of hydrogen-bond donors (Lipinski definition) is 1. The number of amides is 2. The maximum Gasteiger partial charge on any atom is 0.243 e. The van der Waals surface area contributed by atoms with Crippen molar-refractivity contribution in [3.8, 4) is 0 Å². The highest BCUT2D eigenvalue weighted by Gasteiger charge is 2.34. The molecule has 0 aliphatic carbocycles. The first kappa shape index (κ1) is 22.4. The zero-order valence-corrected chi connectivity index (χ0v) is 18.5. The zero-order chi connectivity index (χ0) is 22.7. The fourth-order valence-electron chi connectivity index (χ4n) is 4.11. The summed E-state index contributed by atoms with van der Waals surface area (Å²) in [6, 6.07) is 12.3. The molecular formula is C23H26FN3O4S. The van der Waals surface area contributed by atoms with Gasteiger partial charge in [0.25, 0.3) is 0 Å². The zero-order valence-electron chi connectivity index (χ0n) is 17.7. The minimum Gasteiger partial charge on any atom is -0.342 e. The van der Waals surface area contributed by atoms with Crippen LogP contribution in [-0.2, 0) is 26.0 Å². The van der Waals surface area contributed by atoms with Crippen LogP contribution in [0.5, 0.6) is 0 Å². The van der Waals surface area contributed by atoms with Crippen LogP contribution in [0.3, 0.4) is 0 Å². The first-order valence-electron chi connectivity index (χ1n) is 10.8. The highest BCUT2D eigenvalue weighted by atomic mass is 32.2. The van der Waals surface area contributed by atoms with Gasteiger partial charge in [0.15, 0.2) is 0 Å². The van der Waals surface area contributed by atoms with Crippen LogP contribution in [0.25, 0.3) is 0 Å². The molecule has 2 fully saturated rings. The highest BCUT2D eigenvalue weighted by molar-refractivity contribution is 7.89. The molecule has 4 rings (SSSR count). The van der Waals surface area contributed by atoms with Gasteiger partial charge in [-0.15, -0.1) is 0 Å². The van der Waals surface area contributed by atoms with Crippen molar-refractivity contribution in [3.05, 3.63) is 59.9 Å². The van der Waals surface area contributed by atoms with Gasteiger partial charge in [0.2, 0.25) is 21.8 Å². The number of sulfonamides is 1. The molecule has 0 aromatic heterocycles. The third-order valence-corrected chi connectivity index (χ3v) is 7.91. The molecule has 1 N–H and O–H groups in total. The Morgan fingerprint density at radius 2 is 1.69 bits per heavy atom. The summed E-state index contributed by atoms with van der Waals surface area (Å²) in [6.45, 7) is 1.87. The standard InChI is InChI=1S/C23H26FN3O4S/c24-19-5-3-17(4-6-19)11-14-26-16-18(15-22(26)28)23(29)25-20-7-9-21(10-8-20)32(30,31)27-12-1-2-13-27/h3-10,18H,1-2,11-16H2,(H,25,29)/t18-/m1/s1. The number of nitrogens with one attached hydrogen (secondary N) is 1. The van der Waals surface area contributed by atoms with Gasteiger partial charge in [-0.05, 0) is 61.2 Å². The van der Waals surface area contributed by atoms with Crippen molar-refractivity contribution in [2.24, 2.45) is 5.92 Å². The van der Waals surface area contributed by atoms with E-state index in [-0.39, 0.29) is 28.9 Å². The number of hydrogen-bond acceptors (Lipinski definition) is 4. The third kappa shape index (κ3) is 4.99. The van der Waals surface area contributed by atoms with Crippen LogP contribution in [0.15, 0.2) is 53.4 Å². The number of rotatable bonds is 7. The second-order valence-corrected chi connectivity index (χ2v) is 10.2. The molecule has 0 radical (unpaired) electrons. The Morgan fingerprint density at radius 1 is 1.03 bits per heavy atom. The van der Waals surface area contributed by atoms with E-state index in [9.17, 15) is 22.4 Å². The molecule has 170 valence electrons. The van der Waals surface area contributed by atoms with Crippen LogP contribution < -0.4 is 5.32 Å². The summed E-state index contributed by atoms with van der Waals surface area (Å²) in [5.74, 6) is -1.12. The molecule has 0 saturated carbocycles. The van der Waals surface area contributed by atoms with Gasteiger partial charge in [-0.2, -0.15) is 4.31 Å². The van der Waals surface area contributed by atoms with Crippen molar-refractivity contribution < 1.29 is 22.4 Å². The molecule has 2 aromatic carbocycles. The summed E-state index contributed by atoms with van der Waals surface area (Å²) in [4.78, 5) is 26.8. The molecule has 2 heterocycles. The van der Waals surface area contributed by atoms with Crippen molar-refractivity contribution in [2.75, 3.05) is 31.5 Å². The van der Waals surface area contributed by atoms with E-state index in [0.29, 0.717) is 38.3 Å². The Hall–Kier alpha value is -2.78. The monoisotopic (exact) mass is 459 g/mol. The van der Waals surface area contributed by atoms with Gasteiger partial charge in [-0.1, -0.05) is 12.1 Å². The second-order valence-electron chi connectivity index (χ2n) is 8.24. The number of anilines is 1. The van der Waals surface area contributed by atoms with Gasteiger partial charge in [-0.3, -0.25) is 9.59 Å². The SMILES string of the molecule is O=C(Nc1ccc(S(=O)(=O)N2CCCC2)cc1)[C@@H]1CC(=O)N(CCc2ccc(F)cc2)C1. The van der Waals surface area contributed by atoms with Crippen LogP contribution in [-0.4, -0.2) is 55.6 Å². The summed E-state index contributed by atoms with van der Waals surface area (Å²) in [7, 11) is -3.50. The third-order valence-electron chi connectivity index (χ3n) is 5.99. The van der Waals surface area contributed by atoms with Gasteiger partial charge >= 0.3 is 0 Å². The molecule has 1 atom stereocenters. The summed E-state index contributed by atoms with van der Waals surface area (Å²) in [5.41, 5.74) is 1.42. The normalized spacial score (nSPS) is 19.5. The number of halogens is 1. The van der Waals surface area contributed by atoms with E-state index in [1.165, 1.54) is 28.6 Å². The maximum absolute atomic E-state index is 13.0. The summed E-state index contributed by atoms with van der Waals surface area (Å²) >= 11 is 0. The molecule has 2 aromatic rings. The first-order valence-corrected chi connectivity index (χ1v) is 12.2. The summed E-state index contributed by atoms with van der Waals surface area (Å²) in [5, 5.41) is 2.79. The quantitative estimate of drug-likeness (QED) is 0.690.